The quantitative estimate of drug-likeness (QED) is 0.885. The van der Waals surface area contributed by atoms with Crippen LogP contribution in [0.25, 0.3) is 0 Å². The maximum atomic E-state index is 13.4. The van der Waals surface area contributed by atoms with Crippen LogP contribution >= 0.6 is 0 Å². The number of anilines is 1. The van der Waals surface area contributed by atoms with Crippen LogP contribution in [0.4, 0.5) is 10.4 Å². The molecular formula is C12H13FN2O2. The standard InChI is InChI=1S/C12H13FN2O2/c1-14-12-15-9(7-17-12)5-8-3-4-11(16-2)10(13)6-8/h3-4,6-7H,5H2,1-2H3,(H,14,15). The van der Waals surface area contributed by atoms with E-state index in [1.54, 1.807) is 25.4 Å². The molecule has 1 N–H and O–H groups in total. The Morgan fingerprint density at radius 3 is 2.88 bits per heavy atom. The Bertz CT molecular complexity index is 511. The summed E-state index contributed by atoms with van der Waals surface area (Å²) in [4.78, 5) is 4.16. The van der Waals surface area contributed by atoms with Crippen LogP contribution in [0.1, 0.15) is 11.3 Å². The number of hydrogen-bond donors (Lipinski definition) is 1. The summed E-state index contributed by atoms with van der Waals surface area (Å²) in [6.45, 7) is 0. The van der Waals surface area contributed by atoms with Gasteiger partial charge in [0.1, 0.15) is 6.26 Å². The first-order valence-electron chi connectivity index (χ1n) is 5.17. The van der Waals surface area contributed by atoms with Gasteiger partial charge < -0.3 is 14.5 Å². The van der Waals surface area contributed by atoms with E-state index in [-0.39, 0.29) is 11.6 Å². The molecular weight excluding hydrogens is 223 g/mol. The number of aromatic nitrogens is 1. The highest BCUT2D eigenvalue weighted by atomic mass is 19.1. The first-order chi connectivity index (χ1) is 8.22. The van der Waals surface area contributed by atoms with Crippen LogP contribution in [-0.2, 0) is 6.42 Å². The molecule has 1 aromatic carbocycles. The molecule has 0 aliphatic heterocycles. The van der Waals surface area contributed by atoms with Gasteiger partial charge in [-0.2, -0.15) is 4.98 Å². The van der Waals surface area contributed by atoms with Gasteiger partial charge in [-0.25, -0.2) is 4.39 Å². The van der Waals surface area contributed by atoms with Crippen molar-refractivity contribution in [3.05, 3.63) is 41.5 Å². The van der Waals surface area contributed by atoms with Crippen LogP contribution in [-0.4, -0.2) is 19.1 Å². The van der Waals surface area contributed by atoms with Gasteiger partial charge in [0, 0.05) is 13.5 Å². The van der Waals surface area contributed by atoms with E-state index in [2.05, 4.69) is 10.3 Å². The Hall–Kier alpha value is -2.04. The van der Waals surface area contributed by atoms with Gasteiger partial charge in [-0.1, -0.05) is 6.07 Å². The highest BCUT2D eigenvalue weighted by molar-refractivity contribution is 5.32. The minimum atomic E-state index is -0.373. The summed E-state index contributed by atoms with van der Waals surface area (Å²) in [7, 11) is 3.16. The minimum absolute atomic E-state index is 0.241. The van der Waals surface area contributed by atoms with Crippen molar-refractivity contribution in [2.45, 2.75) is 6.42 Å². The minimum Gasteiger partial charge on any atom is -0.494 e. The van der Waals surface area contributed by atoms with Gasteiger partial charge in [0.15, 0.2) is 11.6 Å². The molecule has 90 valence electrons. The third kappa shape index (κ3) is 2.55. The van der Waals surface area contributed by atoms with Crippen molar-refractivity contribution in [1.82, 2.24) is 4.98 Å². The summed E-state index contributed by atoms with van der Waals surface area (Å²) in [5.74, 6) is -0.132. The molecule has 2 aromatic rings. The number of methoxy groups -OCH3 is 1. The molecule has 0 unspecified atom stereocenters. The highest BCUT2D eigenvalue weighted by Gasteiger charge is 2.07. The van der Waals surface area contributed by atoms with Gasteiger partial charge in [-0.05, 0) is 17.7 Å². The molecule has 0 bridgehead atoms. The average Bonchev–Trinajstić information content (AvgIpc) is 2.77. The van der Waals surface area contributed by atoms with E-state index >= 15 is 0 Å². The molecule has 5 heteroatoms. The molecule has 0 saturated carbocycles. The predicted molar refractivity (Wildman–Crippen MR) is 61.8 cm³/mol. The lowest BCUT2D eigenvalue weighted by Crippen LogP contribution is -1.93. The fourth-order valence-electron chi connectivity index (χ4n) is 1.53. The van der Waals surface area contributed by atoms with E-state index in [0.717, 1.165) is 11.3 Å². The molecule has 1 aromatic heterocycles. The number of rotatable bonds is 4. The Morgan fingerprint density at radius 1 is 1.47 bits per heavy atom. The van der Waals surface area contributed by atoms with Gasteiger partial charge in [0.05, 0.1) is 12.8 Å². The first-order valence-corrected chi connectivity index (χ1v) is 5.17. The van der Waals surface area contributed by atoms with Crippen molar-refractivity contribution in [1.29, 1.82) is 0 Å². The van der Waals surface area contributed by atoms with E-state index in [1.165, 1.54) is 13.2 Å². The predicted octanol–water partition coefficient (Wildman–Crippen LogP) is 2.45. The van der Waals surface area contributed by atoms with Crippen molar-refractivity contribution < 1.29 is 13.5 Å². The molecule has 0 amide bonds. The Morgan fingerprint density at radius 2 is 2.29 bits per heavy atom. The number of benzene rings is 1. The van der Waals surface area contributed by atoms with Crippen LogP contribution < -0.4 is 10.1 Å². The summed E-state index contributed by atoms with van der Waals surface area (Å²) in [6.07, 6.45) is 2.07. The van der Waals surface area contributed by atoms with Crippen LogP contribution in [0.5, 0.6) is 5.75 Å². The Balaban J connectivity index is 2.15. The topological polar surface area (TPSA) is 47.3 Å². The molecule has 0 atom stereocenters. The maximum Gasteiger partial charge on any atom is 0.294 e. The van der Waals surface area contributed by atoms with Crippen LogP contribution in [0.2, 0.25) is 0 Å². The van der Waals surface area contributed by atoms with Crippen LogP contribution in [0.3, 0.4) is 0 Å². The first kappa shape index (κ1) is 11.4. The lowest BCUT2D eigenvalue weighted by atomic mass is 10.1. The Labute approximate surface area is 98.4 Å². The van der Waals surface area contributed by atoms with Gasteiger partial charge >= 0.3 is 0 Å². The lowest BCUT2D eigenvalue weighted by molar-refractivity contribution is 0.386. The van der Waals surface area contributed by atoms with Crippen molar-refractivity contribution in [3.8, 4) is 5.75 Å². The SMILES string of the molecule is CNc1nc(Cc2ccc(OC)c(F)c2)co1. The van der Waals surface area contributed by atoms with Gasteiger partial charge in [-0.15, -0.1) is 0 Å². The molecule has 1 heterocycles. The van der Waals surface area contributed by atoms with Crippen molar-refractivity contribution in [3.63, 3.8) is 0 Å². The van der Waals surface area contributed by atoms with E-state index in [1.807, 2.05) is 0 Å². The molecule has 2 rings (SSSR count). The van der Waals surface area contributed by atoms with E-state index in [4.69, 9.17) is 9.15 Å². The van der Waals surface area contributed by atoms with Crippen molar-refractivity contribution >= 4 is 6.01 Å². The number of nitrogens with zero attached hydrogens (tertiary/aromatic N) is 1. The van der Waals surface area contributed by atoms with Crippen LogP contribution in [0, 0.1) is 5.82 Å². The summed E-state index contributed by atoms with van der Waals surface area (Å²) in [6, 6.07) is 5.29. The van der Waals surface area contributed by atoms with E-state index < -0.39 is 0 Å². The van der Waals surface area contributed by atoms with Crippen molar-refractivity contribution in [2.75, 3.05) is 19.5 Å². The zero-order chi connectivity index (χ0) is 12.3. The van der Waals surface area contributed by atoms with Gasteiger partial charge in [-0.3, -0.25) is 0 Å². The third-order valence-corrected chi connectivity index (χ3v) is 2.37. The molecule has 0 radical (unpaired) electrons. The zero-order valence-electron chi connectivity index (χ0n) is 9.66. The molecule has 4 nitrogen and oxygen atoms in total. The normalized spacial score (nSPS) is 10.3. The van der Waals surface area contributed by atoms with Crippen molar-refractivity contribution in [2.24, 2.45) is 0 Å². The number of oxazole rings is 1. The molecule has 0 aliphatic rings. The second-order valence-corrected chi connectivity index (χ2v) is 3.54. The number of ether oxygens (including phenoxy) is 1. The highest BCUT2D eigenvalue weighted by Crippen LogP contribution is 2.19. The summed E-state index contributed by atoms with van der Waals surface area (Å²) in [5.41, 5.74) is 1.57. The average molecular weight is 236 g/mol. The summed E-state index contributed by atoms with van der Waals surface area (Å²) >= 11 is 0. The fourth-order valence-corrected chi connectivity index (χ4v) is 1.53. The molecule has 0 fully saturated rings. The maximum absolute atomic E-state index is 13.4. The smallest absolute Gasteiger partial charge is 0.294 e. The second-order valence-electron chi connectivity index (χ2n) is 3.54. The summed E-state index contributed by atoms with van der Waals surface area (Å²) in [5, 5.41) is 2.79. The number of nitrogens with one attached hydrogen (secondary N) is 1. The number of hydrogen-bond acceptors (Lipinski definition) is 4. The Kier molecular flexibility index (Phi) is 3.27. The lowest BCUT2D eigenvalue weighted by Gasteiger charge is -2.03. The monoisotopic (exact) mass is 236 g/mol. The molecule has 0 saturated heterocycles. The molecule has 0 spiro atoms. The largest absolute Gasteiger partial charge is 0.494 e. The van der Waals surface area contributed by atoms with Gasteiger partial charge in [0.2, 0.25) is 0 Å². The zero-order valence-corrected chi connectivity index (χ0v) is 9.66. The molecule has 17 heavy (non-hydrogen) atoms. The molecule has 0 aliphatic carbocycles. The summed E-state index contributed by atoms with van der Waals surface area (Å²) < 4.78 is 23.4. The van der Waals surface area contributed by atoms with Gasteiger partial charge in [0.25, 0.3) is 6.01 Å². The second kappa shape index (κ2) is 4.86. The number of halogens is 1. The van der Waals surface area contributed by atoms with E-state index in [9.17, 15) is 4.39 Å². The third-order valence-electron chi connectivity index (χ3n) is 2.37. The van der Waals surface area contributed by atoms with Crippen LogP contribution in [0.15, 0.2) is 28.9 Å². The van der Waals surface area contributed by atoms with E-state index in [0.29, 0.717) is 12.4 Å². The fraction of sp³-hybridized carbons (Fsp3) is 0.250.